The van der Waals surface area contributed by atoms with Gasteiger partial charge >= 0.3 is 11.7 Å². The molecule has 34 heavy (non-hydrogen) atoms. The minimum atomic E-state index is -0.949. The second-order valence-corrected chi connectivity index (χ2v) is 9.79. The van der Waals surface area contributed by atoms with Gasteiger partial charge in [-0.15, -0.1) is 0 Å². The summed E-state index contributed by atoms with van der Waals surface area (Å²) < 4.78 is 18.4. The number of halogens is 1. The van der Waals surface area contributed by atoms with Crippen molar-refractivity contribution in [1.82, 2.24) is 13.7 Å². The zero-order valence-electron chi connectivity index (χ0n) is 19.1. The van der Waals surface area contributed by atoms with Gasteiger partial charge in [-0.05, 0) is 34.7 Å². The van der Waals surface area contributed by atoms with Crippen molar-refractivity contribution in [2.75, 3.05) is 0 Å². The molecule has 5 rings (SSSR count). The van der Waals surface area contributed by atoms with Crippen LogP contribution in [0.3, 0.4) is 0 Å². The highest BCUT2D eigenvalue weighted by Gasteiger charge is 2.32. The van der Waals surface area contributed by atoms with Crippen LogP contribution < -0.4 is 5.69 Å². The summed E-state index contributed by atoms with van der Waals surface area (Å²) in [6.07, 6.45) is 0.270. The fourth-order valence-electron chi connectivity index (χ4n) is 5.08. The molecule has 0 atom stereocenters. The molecule has 0 bridgehead atoms. The minimum absolute atomic E-state index is 0.102. The van der Waals surface area contributed by atoms with E-state index in [1.165, 1.54) is 16.7 Å². The average molecular weight is 464 g/mol. The molecule has 0 amide bonds. The van der Waals surface area contributed by atoms with Crippen LogP contribution in [0.4, 0.5) is 4.39 Å². The summed E-state index contributed by atoms with van der Waals surface area (Å²) in [5.74, 6) is -1.35. The van der Waals surface area contributed by atoms with E-state index >= 15 is 0 Å². The number of carbonyl (C=O) groups is 1. The fourth-order valence-corrected chi connectivity index (χ4v) is 5.08. The maximum atomic E-state index is 13.4. The van der Waals surface area contributed by atoms with Crippen LogP contribution in [-0.4, -0.2) is 29.9 Å². The van der Waals surface area contributed by atoms with Gasteiger partial charge in [-0.25, -0.2) is 9.18 Å². The molecule has 3 heterocycles. The largest absolute Gasteiger partial charge is 0.493 e. The average Bonchev–Trinajstić information content (AvgIpc) is 3.20. The third-order valence-corrected chi connectivity index (χ3v) is 6.62. The summed E-state index contributed by atoms with van der Waals surface area (Å²) in [5.41, 5.74) is 3.46. The smallest absolute Gasteiger partial charge is 0.331 e. The first-order valence-corrected chi connectivity index (χ1v) is 11.2. The van der Waals surface area contributed by atoms with E-state index in [0.29, 0.717) is 25.2 Å². The number of imidazole rings is 1. The standard InChI is InChI=1S/C26H26FN3O4/c1-26(2,12-23(31)32)15-30-24(33)21-11-19-18-5-3-4-6-20(18)28(22(19)14-29(21)25(30)34)13-16-7-9-17(27)10-8-16/h3-10,33H,11-15H2,1-2H3,(H,31,32). The molecule has 0 fully saturated rings. The van der Waals surface area contributed by atoms with Gasteiger partial charge in [0, 0.05) is 36.1 Å². The summed E-state index contributed by atoms with van der Waals surface area (Å²) in [6, 6.07) is 14.4. The summed E-state index contributed by atoms with van der Waals surface area (Å²) in [7, 11) is 0. The van der Waals surface area contributed by atoms with E-state index in [4.69, 9.17) is 0 Å². The number of para-hydroxylation sites is 1. The maximum Gasteiger partial charge on any atom is 0.331 e. The van der Waals surface area contributed by atoms with Crippen LogP contribution in [-0.2, 0) is 30.8 Å². The SMILES string of the molecule is CC(C)(CC(=O)O)Cn1c(O)c2n(c1=O)Cc1c(c3ccccc3n1Cc1ccc(F)cc1)C2. The molecule has 7 nitrogen and oxygen atoms in total. The Kier molecular flexibility index (Phi) is 5.11. The molecular weight excluding hydrogens is 437 g/mol. The van der Waals surface area contributed by atoms with Gasteiger partial charge in [-0.2, -0.15) is 0 Å². The molecule has 176 valence electrons. The van der Waals surface area contributed by atoms with Gasteiger partial charge in [0.2, 0.25) is 5.88 Å². The lowest BCUT2D eigenvalue weighted by Crippen LogP contribution is -2.32. The van der Waals surface area contributed by atoms with Crippen molar-refractivity contribution in [3.05, 3.63) is 87.3 Å². The first-order chi connectivity index (χ1) is 16.1. The number of nitrogens with zero attached hydrogens (tertiary/aromatic N) is 3. The molecule has 4 aromatic rings. The van der Waals surface area contributed by atoms with Gasteiger partial charge in [0.1, 0.15) is 5.82 Å². The number of aromatic nitrogens is 3. The van der Waals surface area contributed by atoms with Crippen molar-refractivity contribution >= 4 is 16.9 Å². The predicted molar refractivity (Wildman–Crippen MR) is 126 cm³/mol. The molecule has 1 aliphatic heterocycles. The van der Waals surface area contributed by atoms with Crippen molar-refractivity contribution < 1.29 is 19.4 Å². The maximum absolute atomic E-state index is 13.4. The van der Waals surface area contributed by atoms with E-state index in [2.05, 4.69) is 4.57 Å². The van der Waals surface area contributed by atoms with E-state index in [0.717, 1.165) is 27.7 Å². The monoisotopic (exact) mass is 463 g/mol. The predicted octanol–water partition coefficient (Wildman–Crippen LogP) is 3.95. The zero-order chi connectivity index (χ0) is 24.2. The highest BCUT2D eigenvalue weighted by atomic mass is 19.1. The topological polar surface area (TPSA) is 89.4 Å². The van der Waals surface area contributed by atoms with Crippen LogP contribution in [0.25, 0.3) is 10.9 Å². The number of carboxylic acid groups (broad SMARTS) is 1. The molecule has 0 saturated carbocycles. The van der Waals surface area contributed by atoms with E-state index in [1.807, 2.05) is 24.3 Å². The normalized spacial score (nSPS) is 13.1. The van der Waals surface area contributed by atoms with Crippen molar-refractivity contribution in [1.29, 1.82) is 0 Å². The summed E-state index contributed by atoms with van der Waals surface area (Å²) in [4.78, 5) is 24.5. The molecule has 2 N–H and O–H groups in total. The molecule has 1 aliphatic rings. The van der Waals surface area contributed by atoms with Crippen molar-refractivity contribution in [3.63, 3.8) is 0 Å². The number of aromatic hydroxyl groups is 1. The highest BCUT2D eigenvalue weighted by Crippen LogP contribution is 2.36. The summed E-state index contributed by atoms with van der Waals surface area (Å²) in [5, 5.41) is 21.2. The summed E-state index contributed by atoms with van der Waals surface area (Å²) in [6.45, 7) is 4.45. The minimum Gasteiger partial charge on any atom is -0.493 e. The van der Waals surface area contributed by atoms with Gasteiger partial charge in [-0.3, -0.25) is 13.9 Å². The van der Waals surface area contributed by atoms with Crippen molar-refractivity contribution in [2.45, 2.75) is 46.3 Å². The van der Waals surface area contributed by atoms with Gasteiger partial charge in [-0.1, -0.05) is 44.2 Å². The van der Waals surface area contributed by atoms with E-state index in [-0.39, 0.29) is 30.4 Å². The molecule has 0 aliphatic carbocycles. The van der Waals surface area contributed by atoms with Crippen LogP contribution in [0.2, 0.25) is 0 Å². The Labute approximate surface area is 195 Å². The van der Waals surface area contributed by atoms with Crippen LogP contribution in [0.1, 0.15) is 42.8 Å². The van der Waals surface area contributed by atoms with Crippen LogP contribution in [0.5, 0.6) is 5.88 Å². The number of fused-ring (bicyclic) bond motifs is 4. The van der Waals surface area contributed by atoms with E-state index in [1.54, 1.807) is 30.5 Å². The van der Waals surface area contributed by atoms with Gasteiger partial charge in [0.05, 0.1) is 18.7 Å². The van der Waals surface area contributed by atoms with E-state index < -0.39 is 11.4 Å². The lowest BCUT2D eigenvalue weighted by molar-refractivity contribution is -0.139. The lowest BCUT2D eigenvalue weighted by Gasteiger charge is -2.22. The Bertz CT molecular complexity index is 1470. The Morgan fingerprint density at radius 3 is 2.47 bits per heavy atom. The number of carboxylic acids is 1. The quantitative estimate of drug-likeness (QED) is 0.399. The third kappa shape index (κ3) is 3.69. The highest BCUT2D eigenvalue weighted by molar-refractivity contribution is 5.86. The van der Waals surface area contributed by atoms with Crippen LogP contribution in [0, 0.1) is 11.2 Å². The van der Waals surface area contributed by atoms with Gasteiger partial charge in [0.25, 0.3) is 0 Å². The van der Waals surface area contributed by atoms with Gasteiger partial charge < -0.3 is 14.8 Å². The fraction of sp³-hybridized carbons (Fsp3) is 0.308. The van der Waals surface area contributed by atoms with Crippen LogP contribution in [0.15, 0.2) is 53.3 Å². The van der Waals surface area contributed by atoms with Crippen LogP contribution >= 0.6 is 0 Å². The summed E-state index contributed by atoms with van der Waals surface area (Å²) >= 11 is 0. The second-order valence-electron chi connectivity index (χ2n) is 9.79. The number of benzene rings is 2. The Morgan fingerprint density at radius 2 is 1.76 bits per heavy atom. The first kappa shape index (κ1) is 22.0. The van der Waals surface area contributed by atoms with E-state index in [9.17, 15) is 24.2 Å². The number of aliphatic carboxylic acids is 1. The molecule has 2 aromatic heterocycles. The van der Waals surface area contributed by atoms with Gasteiger partial charge in [0.15, 0.2) is 0 Å². The molecule has 0 spiro atoms. The van der Waals surface area contributed by atoms with Crippen molar-refractivity contribution in [3.8, 4) is 5.88 Å². The Balaban J connectivity index is 1.59. The molecule has 8 heteroatoms. The third-order valence-electron chi connectivity index (χ3n) is 6.62. The molecular formula is C26H26FN3O4. The Hall–Kier alpha value is -3.81. The molecule has 2 aromatic carbocycles. The Morgan fingerprint density at radius 1 is 1.06 bits per heavy atom. The second kappa shape index (κ2) is 7.90. The molecule has 0 radical (unpaired) electrons. The number of rotatable bonds is 6. The first-order valence-electron chi connectivity index (χ1n) is 11.2. The number of hydrogen-bond donors (Lipinski definition) is 2. The number of hydrogen-bond acceptors (Lipinski definition) is 3. The van der Waals surface area contributed by atoms with Crippen molar-refractivity contribution in [2.24, 2.45) is 5.41 Å². The lowest BCUT2D eigenvalue weighted by atomic mass is 9.89. The molecule has 0 saturated heterocycles. The molecule has 0 unspecified atom stereocenters. The zero-order valence-corrected chi connectivity index (χ0v) is 19.1.